The van der Waals surface area contributed by atoms with Gasteiger partial charge in [-0.15, -0.1) is 0 Å². The number of carbonyl (C=O) groups excluding carboxylic acids is 1. The number of pyridine rings is 1. The number of anilines is 2. The summed E-state index contributed by atoms with van der Waals surface area (Å²) in [6, 6.07) is 14.7. The van der Waals surface area contributed by atoms with Crippen LogP contribution in [-0.4, -0.2) is 37.3 Å². The summed E-state index contributed by atoms with van der Waals surface area (Å²) < 4.78 is 4.75. The van der Waals surface area contributed by atoms with E-state index in [1.54, 1.807) is 12.1 Å². The molecule has 0 radical (unpaired) electrons. The van der Waals surface area contributed by atoms with Crippen LogP contribution in [0, 0.1) is 0 Å². The minimum absolute atomic E-state index is 0.228. The molecule has 0 spiro atoms. The SMILES string of the molecule is COC(=O)c1ccc2cccc(NCc3cc(N(C)C)ccc3O)c2n1. The molecule has 0 saturated carbocycles. The molecule has 0 aliphatic carbocycles. The Labute approximate surface area is 152 Å². The van der Waals surface area contributed by atoms with Crippen LogP contribution in [0.5, 0.6) is 5.75 Å². The van der Waals surface area contributed by atoms with Crippen molar-refractivity contribution in [2.45, 2.75) is 6.54 Å². The molecule has 0 aliphatic heterocycles. The van der Waals surface area contributed by atoms with Crippen molar-refractivity contribution < 1.29 is 14.6 Å². The standard InChI is InChI=1S/C20H21N3O3/c1-23(2)15-8-10-18(24)14(11-15)12-21-16-6-4-5-13-7-9-17(20(25)26-3)22-19(13)16/h4-11,21,24H,12H2,1-3H3. The van der Waals surface area contributed by atoms with Crippen molar-refractivity contribution in [2.75, 3.05) is 31.4 Å². The van der Waals surface area contributed by atoms with Gasteiger partial charge in [-0.05, 0) is 30.3 Å². The number of nitrogens with one attached hydrogen (secondary N) is 1. The number of fused-ring (bicyclic) bond motifs is 1. The van der Waals surface area contributed by atoms with E-state index >= 15 is 0 Å². The number of ether oxygens (including phenoxy) is 1. The van der Waals surface area contributed by atoms with E-state index < -0.39 is 5.97 Å². The van der Waals surface area contributed by atoms with Crippen LogP contribution in [0.25, 0.3) is 10.9 Å². The van der Waals surface area contributed by atoms with Crippen LogP contribution < -0.4 is 10.2 Å². The predicted molar refractivity (Wildman–Crippen MR) is 103 cm³/mol. The minimum atomic E-state index is -0.474. The van der Waals surface area contributed by atoms with Gasteiger partial charge in [0.1, 0.15) is 11.4 Å². The largest absolute Gasteiger partial charge is 0.508 e. The molecular formula is C20H21N3O3. The van der Waals surface area contributed by atoms with Crippen molar-refractivity contribution >= 4 is 28.2 Å². The number of hydrogen-bond donors (Lipinski definition) is 2. The van der Waals surface area contributed by atoms with Crippen LogP contribution in [0.1, 0.15) is 16.1 Å². The average Bonchev–Trinajstić information content (AvgIpc) is 2.66. The van der Waals surface area contributed by atoms with Crippen molar-refractivity contribution in [3.63, 3.8) is 0 Å². The lowest BCUT2D eigenvalue weighted by atomic mass is 10.1. The summed E-state index contributed by atoms with van der Waals surface area (Å²) in [4.78, 5) is 18.1. The minimum Gasteiger partial charge on any atom is -0.508 e. The smallest absolute Gasteiger partial charge is 0.356 e. The Kier molecular flexibility index (Phi) is 4.93. The third-order valence-corrected chi connectivity index (χ3v) is 4.16. The van der Waals surface area contributed by atoms with E-state index in [4.69, 9.17) is 4.74 Å². The fourth-order valence-corrected chi connectivity index (χ4v) is 2.69. The van der Waals surface area contributed by atoms with Crippen LogP contribution in [0.4, 0.5) is 11.4 Å². The maximum absolute atomic E-state index is 11.8. The molecular weight excluding hydrogens is 330 g/mol. The fourth-order valence-electron chi connectivity index (χ4n) is 2.69. The Bertz CT molecular complexity index is 954. The van der Waals surface area contributed by atoms with Crippen molar-refractivity contribution in [1.29, 1.82) is 0 Å². The van der Waals surface area contributed by atoms with E-state index in [0.29, 0.717) is 12.1 Å². The number of esters is 1. The predicted octanol–water partition coefficient (Wildman–Crippen LogP) is 3.41. The third kappa shape index (κ3) is 3.54. The molecule has 0 saturated heterocycles. The lowest BCUT2D eigenvalue weighted by Crippen LogP contribution is -2.09. The summed E-state index contributed by atoms with van der Waals surface area (Å²) in [5.41, 5.74) is 3.49. The van der Waals surface area contributed by atoms with Crippen LogP contribution in [0.15, 0.2) is 48.5 Å². The second-order valence-corrected chi connectivity index (χ2v) is 6.13. The summed E-state index contributed by atoms with van der Waals surface area (Å²) in [6.07, 6.45) is 0. The van der Waals surface area contributed by atoms with Crippen molar-refractivity contribution in [3.8, 4) is 5.75 Å². The van der Waals surface area contributed by atoms with Crippen molar-refractivity contribution in [3.05, 3.63) is 59.8 Å². The summed E-state index contributed by atoms with van der Waals surface area (Å²) >= 11 is 0. The number of rotatable bonds is 5. The van der Waals surface area contributed by atoms with Gasteiger partial charge in [0.15, 0.2) is 0 Å². The third-order valence-electron chi connectivity index (χ3n) is 4.16. The number of carbonyl (C=O) groups is 1. The molecule has 3 rings (SSSR count). The van der Waals surface area contributed by atoms with E-state index in [1.807, 2.05) is 55.4 Å². The summed E-state index contributed by atoms with van der Waals surface area (Å²) in [6.45, 7) is 0.427. The van der Waals surface area contributed by atoms with Gasteiger partial charge in [0, 0.05) is 37.3 Å². The van der Waals surface area contributed by atoms with E-state index in [1.165, 1.54) is 7.11 Å². The van der Waals surface area contributed by atoms with Gasteiger partial charge in [-0.2, -0.15) is 0 Å². The first kappa shape index (κ1) is 17.5. The highest BCUT2D eigenvalue weighted by Gasteiger charge is 2.11. The maximum atomic E-state index is 11.8. The molecule has 6 heteroatoms. The van der Waals surface area contributed by atoms with Gasteiger partial charge < -0.3 is 20.1 Å². The van der Waals surface area contributed by atoms with Crippen molar-refractivity contribution in [1.82, 2.24) is 4.98 Å². The topological polar surface area (TPSA) is 74.7 Å². The molecule has 0 fully saturated rings. The first-order valence-electron chi connectivity index (χ1n) is 8.21. The van der Waals surface area contributed by atoms with Crippen molar-refractivity contribution in [2.24, 2.45) is 0 Å². The van der Waals surface area contributed by atoms with E-state index in [9.17, 15) is 9.90 Å². The van der Waals surface area contributed by atoms with Crippen LogP contribution >= 0.6 is 0 Å². The molecule has 0 atom stereocenters. The molecule has 2 N–H and O–H groups in total. The summed E-state index contributed by atoms with van der Waals surface area (Å²) in [5.74, 6) is -0.246. The maximum Gasteiger partial charge on any atom is 0.356 e. The zero-order valence-corrected chi connectivity index (χ0v) is 15.0. The van der Waals surface area contributed by atoms with Crippen LogP contribution in [0.2, 0.25) is 0 Å². The van der Waals surface area contributed by atoms with Gasteiger partial charge in [0.2, 0.25) is 0 Å². The number of aromatic nitrogens is 1. The Morgan fingerprint density at radius 3 is 2.73 bits per heavy atom. The molecule has 26 heavy (non-hydrogen) atoms. The summed E-state index contributed by atoms with van der Waals surface area (Å²) in [5, 5.41) is 14.3. The molecule has 1 heterocycles. The Balaban J connectivity index is 1.92. The first-order valence-corrected chi connectivity index (χ1v) is 8.21. The molecule has 0 aliphatic rings. The molecule has 134 valence electrons. The highest BCUT2D eigenvalue weighted by atomic mass is 16.5. The zero-order chi connectivity index (χ0) is 18.7. The summed E-state index contributed by atoms with van der Waals surface area (Å²) in [7, 11) is 5.23. The number of phenolic OH excluding ortho intramolecular Hbond substituents is 1. The molecule has 0 amide bonds. The van der Waals surface area contributed by atoms with Gasteiger partial charge in [-0.25, -0.2) is 9.78 Å². The zero-order valence-electron chi connectivity index (χ0n) is 15.0. The van der Waals surface area contributed by atoms with E-state index in [-0.39, 0.29) is 11.4 Å². The quantitative estimate of drug-likeness (QED) is 0.686. The van der Waals surface area contributed by atoms with E-state index in [2.05, 4.69) is 10.3 Å². The number of nitrogens with zero attached hydrogens (tertiary/aromatic N) is 2. The van der Waals surface area contributed by atoms with Gasteiger partial charge in [-0.1, -0.05) is 18.2 Å². The number of phenols is 1. The fraction of sp³-hybridized carbons (Fsp3) is 0.200. The van der Waals surface area contributed by atoms with Gasteiger partial charge >= 0.3 is 5.97 Å². The normalized spacial score (nSPS) is 10.6. The number of hydrogen-bond acceptors (Lipinski definition) is 6. The highest BCUT2D eigenvalue weighted by molar-refractivity contribution is 5.95. The molecule has 6 nitrogen and oxygen atoms in total. The first-order chi connectivity index (χ1) is 12.5. The number of para-hydroxylation sites is 1. The molecule has 0 bridgehead atoms. The molecule has 3 aromatic rings. The van der Waals surface area contributed by atoms with Gasteiger partial charge in [0.25, 0.3) is 0 Å². The lowest BCUT2D eigenvalue weighted by molar-refractivity contribution is 0.0594. The van der Waals surface area contributed by atoms with E-state index in [0.717, 1.165) is 22.3 Å². The van der Waals surface area contributed by atoms with Crippen LogP contribution in [-0.2, 0) is 11.3 Å². The van der Waals surface area contributed by atoms with Gasteiger partial charge in [0.05, 0.1) is 18.3 Å². The highest BCUT2D eigenvalue weighted by Crippen LogP contribution is 2.26. The number of benzene rings is 2. The Morgan fingerprint density at radius 1 is 1.19 bits per heavy atom. The second kappa shape index (κ2) is 7.31. The average molecular weight is 351 g/mol. The second-order valence-electron chi connectivity index (χ2n) is 6.13. The molecule has 0 unspecified atom stereocenters. The lowest BCUT2D eigenvalue weighted by Gasteiger charge is -2.16. The Hall–Kier alpha value is -3.28. The van der Waals surface area contributed by atoms with Crippen LogP contribution in [0.3, 0.4) is 0 Å². The number of methoxy groups -OCH3 is 1. The monoisotopic (exact) mass is 351 g/mol. The number of aromatic hydroxyl groups is 1. The molecule has 2 aromatic carbocycles. The van der Waals surface area contributed by atoms with Gasteiger partial charge in [-0.3, -0.25) is 0 Å². The molecule has 1 aromatic heterocycles. The Morgan fingerprint density at radius 2 is 2.00 bits per heavy atom.